The number of imide groups is 1. The Morgan fingerprint density at radius 1 is 1.06 bits per heavy atom. The molecule has 1 saturated heterocycles. The minimum absolute atomic E-state index is 0.00158. The van der Waals surface area contributed by atoms with Gasteiger partial charge >= 0.3 is 10.8 Å². The van der Waals surface area contributed by atoms with Crippen molar-refractivity contribution in [2.75, 3.05) is 27.9 Å². The average molecular weight is 517 g/mol. The van der Waals surface area contributed by atoms with Gasteiger partial charge in [-0.1, -0.05) is 17.4 Å². The van der Waals surface area contributed by atoms with Crippen molar-refractivity contribution in [2.45, 2.75) is 22.6 Å². The molecule has 2 aromatic rings. The highest BCUT2D eigenvalue weighted by Crippen LogP contribution is 2.68. The number of aromatic amines is 1. The van der Waals surface area contributed by atoms with E-state index in [2.05, 4.69) is 4.98 Å². The summed E-state index contributed by atoms with van der Waals surface area (Å²) >= 11 is 2.83. The summed E-state index contributed by atoms with van der Waals surface area (Å²) in [5.74, 6) is -0.888. The van der Waals surface area contributed by atoms with Gasteiger partial charge in [0.05, 0.1) is 38.2 Å². The van der Waals surface area contributed by atoms with Gasteiger partial charge < -0.3 is 19.2 Å². The lowest BCUT2D eigenvalue weighted by Crippen LogP contribution is -2.42. The highest BCUT2D eigenvalue weighted by molar-refractivity contribution is 8.00. The van der Waals surface area contributed by atoms with Crippen molar-refractivity contribution in [3.63, 3.8) is 0 Å². The number of esters is 1. The molecule has 4 aliphatic rings. The molecule has 0 radical (unpaired) electrons. The summed E-state index contributed by atoms with van der Waals surface area (Å²) in [5, 5.41) is 0.917. The monoisotopic (exact) mass is 516 g/mol. The first-order valence-corrected chi connectivity index (χ1v) is 13.1. The minimum atomic E-state index is -0.603. The molecule has 3 fully saturated rings. The number of rotatable bonds is 5. The lowest BCUT2D eigenvalue weighted by Gasteiger charge is -2.43. The van der Waals surface area contributed by atoms with Crippen LogP contribution in [0.2, 0.25) is 0 Å². The number of ether oxygens (including phenoxy) is 3. The van der Waals surface area contributed by atoms with Gasteiger partial charge in [-0.15, -0.1) is 11.8 Å². The van der Waals surface area contributed by atoms with Crippen molar-refractivity contribution in [3.8, 4) is 11.5 Å². The largest absolute Gasteiger partial charge is 0.493 e. The third kappa shape index (κ3) is 3.13. The number of hydrogen-bond acceptors (Lipinski definition) is 9. The fourth-order valence-corrected chi connectivity index (χ4v) is 9.74. The molecule has 2 amide bonds. The number of thioether (sulfide) groups is 1. The quantitative estimate of drug-likeness (QED) is 0.475. The third-order valence-electron chi connectivity index (χ3n) is 8.10. The molecule has 2 saturated carbocycles. The molecular weight excluding hydrogens is 492 g/mol. The van der Waals surface area contributed by atoms with Crippen LogP contribution in [0.15, 0.2) is 28.0 Å². The predicted molar refractivity (Wildman–Crippen MR) is 127 cm³/mol. The van der Waals surface area contributed by atoms with Gasteiger partial charge in [-0.2, -0.15) is 0 Å². The maximum absolute atomic E-state index is 13.4. The van der Waals surface area contributed by atoms with Crippen molar-refractivity contribution in [3.05, 3.63) is 38.3 Å². The van der Waals surface area contributed by atoms with E-state index in [1.807, 2.05) is 18.2 Å². The molecule has 35 heavy (non-hydrogen) atoms. The maximum Gasteiger partial charge on any atom is 0.325 e. The van der Waals surface area contributed by atoms with E-state index in [9.17, 15) is 19.2 Å². The fourth-order valence-electron chi connectivity index (χ4n) is 6.85. The van der Waals surface area contributed by atoms with E-state index in [0.29, 0.717) is 11.5 Å². The second-order valence-electron chi connectivity index (χ2n) is 9.41. The molecule has 2 aliphatic heterocycles. The third-order valence-corrected chi connectivity index (χ3v) is 10.7. The smallest absolute Gasteiger partial charge is 0.325 e. The summed E-state index contributed by atoms with van der Waals surface area (Å²) in [6.07, 6.45) is 0.782. The standard InChI is InChI=1S/C24H24N2O7S2/c1-31-12-5-4-9(6-13(12)32-2)15-16-10-7-11(19(16)34-21-20(15)35-24(30)25-21)18-17(10)22(28)26(23(18)29)8-14(27)33-3/h4-6,10-11,15-19H,7-8H2,1-3H3,(H,25,30)/t10-,11+,15+,16+,17+,18+,19+/m0/s1. The summed E-state index contributed by atoms with van der Waals surface area (Å²) in [5.41, 5.74) is 0.988. The summed E-state index contributed by atoms with van der Waals surface area (Å²) in [4.78, 5) is 55.8. The van der Waals surface area contributed by atoms with Crippen molar-refractivity contribution in [2.24, 2.45) is 29.6 Å². The zero-order chi connectivity index (χ0) is 24.6. The number of likely N-dealkylation sites (tertiary alicyclic amines) is 1. The molecule has 7 atom stereocenters. The Bertz CT molecular complexity index is 1300. The van der Waals surface area contributed by atoms with Crippen molar-refractivity contribution < 1.29 is 28.6 Å². The van der Waals surface area contributed by atoms with Crippen LogP contribution in [0.1, 0.15) is 22.8 Å². The lowest BCUT2D eigenvalue weighted by atomic mass is 9.68. The topological polar surface area (TPSA) is 115 Å². The number of nitrogens with zero attached hydrogens (tertiary/aromatic N) is 1. The van der Waals surface area contributed by atoms with Crippen LogP contribution in [0.5, 0.6) is 11.5 Å². The molecule has 1 aromatic carbocycles. The van der Waals surface area contributed by atoms with Gasteiger partial charge in [0.25, 0.3) is 0 Å². The number of amides is 2. The van der Waals surface area contributed by atoms with E-state index >= 15 is 0 Å². The SMILES string of the molecule is COC(=O)CN1C(=O)[C@@H]2[C@H]3C[C@@H]([C@H]4Sc5[nH]c(=O)sc5[C@H](c5ccc(OC)c(OC)c5)[C@@H]34)[C@H]2C1=O. The summed E-state index contributed by atoms with van der Waals surface area (Å²) in [7, 11) is 4.41. The first-order valence-electron chi connectivity index (χ1n) is 11.4. The van der Waals surface area contributed by atoms with Crippen LogP contribution >= 0.6 is 23.1 Å². The van der Waals surface area contributed by atoms with Crippen LogP contribution in [0.3, 0.4) is 0 Å². The minimum Gasteiger partial charge on any atom is -0.493 e. The van der Waals surface area contributed by atoms with Crippen molar-refractivity contribution in [1.82, 2.24) is 9.88 Å². The molecule has 2 bridgehead atoms. The maximum atomic E-state index is 13.4. The van der Waals surface area contributed by atoms with Crippen LogP contribution < -0.4 is 14.3 Å². The lowest BCUT2D eigenvalue weighted by molar-refractivity contribution is -0.151. The number of thiazole rings is 1. The molecule has 11 heteroatoms. The van der Waals surface area contributed by atoms with Gasteiger partial charge in [0.2, 0.25) is 11.8 Å². The van der Waals surface area contributed by atoms with Crippen LogP contribution in [0, 0.1) is 29.6 Å². The number of benzene rings is 1. The van der Waals surface area contributed by atoms with E-state index < -0.39 is 17.8 Å². The van der Waals surface area contributed by atoms with E-state index in [0.717, 1.165) is 26.8 Å². The number of carbonyl (C=O) groups is 3. The van der Waals surface area contributed by atoms with Crippen molar-refractivity contribution >= 4 is 40.9 Å². The second kappa shape index (κ2) is 8.12. The number of aromatic nitrogens is 1. The Kier molecular flexibility index (Phi) is 5.26. The van der Waals surface area contributed by atoms with E-state index in [1.54, 1.807) is 26.0 Å². The van der Waals surface area contributed by atoms with Gasteiger partial charge in [-0.25, -0.2) is 0 Å². The summed E-state index contributed by atoms with van der Waals surface area (Å²) in [6, 6.07) is 5.79. The highest BCUT2D eigenvalue weighted by atomic mass is 32.2. The Morgan fingerprint density at radius 2 is 1.77 bits per heavy atom. The highest BCUT2D eigenvalue weighted by Gasteiger charge is 2.69. The molecule has 6 rings (SSSR count). The van der Waals surface area contributed by atoms with Gasteiger partial charge in [0.1, 0.15) is 6.54 Å². The molecule has 0 unspecified atom stereocenters. The summed E-state index contributed by atoms with van der Waals surface area (Å²) in [6.45, 7) is -0.344. The molecule has 9 nitrogen and oxygen atoms in total. The summed E-state index contributed by atoms with van der Waals surface area (Å²) < 4.78 is 15.7. The Labute approximate surface area is 209 Å². The van der Waals surface area contributed by atoms with Crippen LogP contribution in [-0.2, 0) is 19.1 Å². The zero-order valence-electron chi connectivity index (χ0n) is 19.3. The number of fused-ring (bicyclic) bond motifs is 9. The first kappa shape index (κ1) is 22.7. The van der Waals surface area contributed by atoms with Gasteiger partial charge in [-0.05, 0) is 41.9 Å². The van der Waals surface area contributed by atoms with E-state index in [-0.39, 0.29) is 52.2 Å². The molecule has 1 aromatic heterocycles. The number of methoxy groups -OCH3 is 3. The first-order chi connectivity index (χ1) is 16.9. The number of nitrogens with one attached hydrogen (secondary N) is 1. The number of hydrogen-bond donors (Lipinski definition) is 1. The Balaban J connectivity index is 1.43. The molecule has 184 valence electrons. The van der Waals surface area contributed by atoms with E-state index in [1.165, 1.54) is 18.4 Å². The fraction of sp³-hybridized carbons (Fsp3) is 0.500. The van der Waals surface area contributed by atoms with Crippen LogP contribution in [-0.4, -0.2) is 60.8 Å². The Hall–Kier alpha value is -2.79. The number of carbonyl (C=O) groups excluding carboxylic acids is 3. The molecular formula is C24H24N2O7S2. The second-order valence-corrected chi connectivity index (χ2v) is 11.6. The van der Waals surface area contributed by atoms with Gasteiger partial charge in [0.15, 0.2) is 11.5 Å². The number of H-pyrrole nitrogens is 1. The van der Waals surface area contributed by atoms with E-state index in [4.69, 9.17) is 14.2 Å². The predicted octanol–water partition coefficient (Wildman–Crippen LogP) is 2.10. The zero-order valence-corrected chi connectivity index (χ0v) is 20.9. The van der Waals surface area contributed by atoms with Crippen molar-refractivity contribution in [1.29, 1.82) is 0 Å². The van der Waals surface area contributed by atoms with Gasteiger partial charge in [-0.3, -0.25) is 24.1 Å². The molecule has 3 heterocycles. The molecule has 1 N–H and O–H groups in total. The Morgan fingerprint density at radius 3 is 2.46 bits per heavy atom. The average Bonchev–Trinajstić information content (AvgIpc) is 3.59. The van der Waals surface area contributed by atoms with Crippen LogP contribution in [0.4, 0.5) is 0 Å². The molecule has 2 aliphatic carbocycles. The van der Waals surface area contributed by atoms with Crippen LogP contribution in [0.25, 0.3) is 0 Å². The molecule has 0 spiro atoms. The van der Waals surface area contributed by atoms with Gasteiger partial charge in [0, 0.05) is 16.0 Å². The normalized spacial score (nSPS) is 32.3.